The van der Waals surface area contributed by atoms with Gasteiger partial charge < -0.3 is 0 Å². The first-order valence-electron chi connectivity index (χ1n) is 7.46. The van der Waals surface area contributed by atoms with Crippen LogP contribution in [-0.2, 0) is 12.6 Å². The lowest BCUT2D eigenvalue weighted by Crippen LogP contribution is -2.11. The topological polar surface area (TPSA) is 36.7 Å². The largest absolute Gasteiger partial charge is 0.433 e. The van der Waals surface area contributed by atoms with Crippen molar-refractivity contribution in [1.82, 2.24) is 4.98 Å². The van der Waals surface area contributed by atoms with Crippen LogP contribution in [0.4, 0.5) is 13.2 Å². The van der Waals surface area contributed by atoms with E-state index in [0.717, 1.165) is 30.7 Å². The average Bonchev–Trinajstić information content (AvgIpc) is 2.54. The molecule has 0 radical (unpaired) electrons. The van der Waals surface area contributed by atoms with E-state index in [1.807, 2.05) is 43.3 Å². The Morgan fingerprint density at radius 2 is 1.91 bits per heavy atom. The van der Waals surface area contributed by atoms with E-state index >= 15 is 0 Å². The number of pyridine rings is 1. The molecule has 2 rings (SSSR count). The molecule has 2 aromatic rings. The van der Waals surface area contributed by atoms with Gasteiger partial charge in [-0.2, -0.15) is 18.4 Å². The zero-order valence-corrected chi connectivity index (χ0v) is 12.8. The summed E-state index contributed by atoms with van der Waals surface area (Å²) in [5.74, 6) is 0.0804. The Balaban J connectivity index is 2.37. The summed E-state index contributed by atoms with van der Waals surface area (Å²) in [7, 11) is 0. The monoisotopic (exact) mass is 318 g/mol. The second kappa shape index (κ2) is 7.28. The SMILES string of the molecule is CCCC(Cc1cc(C(F)(F)F)ncc1C#N)c1ccccc1. The van der Waals surface area contributed by atoms with Gasteiger partial charge in [-0.15, -0.1) is 0 Å². The summed E-state index contributed by atoms with van der Waals surface area (Å²) in [4.78, 5) is 3.36. The standard InChI is InChI=1S/C18H17F3N2/c1-2-6-14(13-7-4-3-5-8-13)9-15-10-17(18(19,20)21)23-12-16(15)11-22/h3-5,7-8,10,12,14H,2,6,9H2,1H3. The molecule has 1 heterocycles. The maximum atomic E-state index is 12.9. The molecule has 0 aliphatic carbocycles. The average molecular weight is 318 g/mol. The minimum Gasteiger partial charge on any atom is -0.250 e. The highest BCUT2D eigenvalue weighted by Gasteiger charge is 2.33. The fourth-order valence-electron chi connectivity index (χ4n) is 2.65. The lowest BCUT2D eigenvalue weighted by Gasteiger charge is -2.18. The van der Waals surface area contributed by atoms with Crippen molar-refractivity contribution in [3.63, 3.8) is 0 Å². The second-order valence-corrected chi connectivity index (χ2v) is 5.44. The minimum atomic E-state index is -4.50. The van der Waals surface area contributed by atoms with Gasteiger partial charge in [0.25, 0.3) is 0 Å². The number of nitrogens with zero attached hydrogens (tertiary/aromatic N) is 2. The third-order valence-electron chi connectivity index (χ3n) is 3.77. The molecule has 0 aliphatic rings. The summed E-state index contributed by atoms with van der Waals surface area (Å²) < 4.78 is 38.6. The number of halogens is 3. The Morgan fingerprint density at radius 3 is 2.48 bits per heavy atom. The maximum Gasteiger partial charge on any atom is 0.433 e. The number of aromatic nitrogens is 1. The van der Waals surface area contributed by atoms with Gasteiger partial charge in [-0.1, -0.05) is 43.7 Å². The summed E-state index contributed by atoms with van der Waals surface area (Å²) in [6.45, 7) is 2.04. The van der Waals surface area contributed by atoms with E-state index in [2.05, 4.69) is 4.98 Å². The third-order valence-corrected chi connectivity index (χ3v) is 3.77. The molecule has 0 spiro atoms. The summed E-state index contributed by atoms with van der Waals surface area (Å²) >= 11 is 0. The zero-order valence-electron chi connectivity index (χ0n) is 12.8. The molecule has 0 N–H and O–H groups in total. The smallest absolute Gasteiger partial charge is 0.250 e. The van der Waals surface area contributed by atoms with Gasteiger partial charge in [0.1, 0.15) is 11.8 Å². The van der Waals surface area contributed by atoms with E-state index < -0.39 is 11.9 Å². The van der Waals surface area contributed by atoms with Crippen LogP contribution in [0.1, 0.15) is 48.1 Å². The van der Waals surface area contributed by atoms with Gasteiger partial charge in [-0.25, -0.2) is 0 Å². The number of hydrogen-bond donors (Lipinski definition) is 0. The van der Waals surface area contributed by atoms with Crippen molar-refractivity contribution < 1.29 is 13.2 Å². The van der Waals surface area contributed by atoms with Crippen LogP contribution in [0.25, 0.3) is 0 Å². The molecule has 1 aromatic carbocycles. The minimum absolute atomic E-state index is 0.0804. The third kappa shape index (κ3) is 4.32. The quantitative estimate of drug-likeness (QED) is 0.769. The molecule has 0 bridgehead atoms. The highest BCUT2D eigenvalue weighted by Crippen LogP contribution is 2.31. The molecule has 0 amide bonds. The lowest BCUT2D eigenvalue weighted by atomic mass is 9.87. The van der Waals surface area contributed by atoms with Crippen molar-refractivity contribution in [2.75, 3.05) is 0 Å². The molecule has 0 fully saturated rings. The molecule has 1 atom stereocenters. The van der Waals surface area contributed by atoms with Crippen LogP contribution in [0.2, 0.25) is 0 Å². The molecular weight excluding hydrogens is 301 g/mol. The molecule has 5 heteroatoms. The van der Waals surface area contributed by atoms with Crippen LogP contribution in [0, 0.1) is 11.3 Å². The van der Waals surface area contributed by atoms with Crippen LogP contribution < -0.4 is 0 Å². The van der Waals surface area contributed by atoms with Crippen LogP contribution >= 0.6 is 0 Å². The van der Waals surface area contributed by atoms with Crippen LogP contribution in [0.15, 0.2) is 42.6 Å². The van der Waals surface area contributed by atoms with Crippen molar-refractivity contribution in [1.29, 1.82) is 5.26 Å². The molecule has 0 saturated carbocycles. The molecule has 23 heavy (non-hydrogen) atoms. The van der Waals surface area contributed by atoms with E-state index in [0.29, 0.717) is 12.0 Å². The van der Waals surface area contributed by atoms with Gasteiger partial charge in [0.2, 0.25) is 0 Å². The van der Waals surface area contributed by atoms with Crippen molar-refractivity contribution >= 4 is 0 Å². The number of alkyl halides is 3. The molecule has 0 saturated heterocycles. The number of rotatable bonds is 5. The molecule has 1 aromatic heterocycles. The predicted octanol–water partition coefficient (Wildman–Crippen LogP) is 5.10. The lowest BCUT2D eigenvalue weighted by molar-refractivity contribution is -0.141. The molecule has 2 nitrogen and oxygen atoms in total. The fraction of sp³-hybridized carbons (Fsp3) is 0.333. The molecule has 120 valence electrons. The van der Waals surface area contributed by atoms with Gasteiger partial charge in [-0.3, -0.25) is 4.98 Å². The second-order valence-electron chi connectivity index (χ2n) is 5.44. The summed E-state index contributed by atoms with van der Waals surface area (Å²) in [5.41, 5.74) is 0.727. The molecule has 0 aliphatic heterocycles. The molecular formula is C18H17F3N2. The number of nitriles is 1. The van der Waals surface area contributed by atoms with Gasteiger partial charge in [0, 0.05) is 6.20 Å². The fourth-order valence-corrected chi connectivity index (χ4v) is 2.65. The van der Waals surface area contributed by atoms with E-state index in [1.54, 1.807) is 0 Å². The Labute approximate surface area is 133 Å². The van der Waals surface area contributed by atoms with Crippen LogP contribution in [-0.4, -0.2) is 4.98 Å². The van der Waals surface area contributed by atoms with E-state index in [1.165, 1.54) is 0 Å². The summed E-state index contributed by atoms with van der Waals surface area (Å²) in [6.07, 6.45) is -1.33. The van der Waals surface area contributed by atoms with Gasteiger partial charge in [-0.05, 0) is 36.0 Å². The first-order chi connectivity index (χ1) is 11.0. The first-order valence-corrected chi connectivity index (χ1v) is 7.46. The predicted molar refractivity (Wildman–Crippen MR) is 81.7 cm³/mol. The van der Waals surface area contributed by atoms with E-state index in [4.69, 9.17) is 5.26 Å². The Morgan fingerprint density at radius 1 is 1.22 bits per heavy atom. The molecule has 1 unspecified atom stereocenters. The summed E-state index contributed by atoms with van der Waals surface area (Å²) in [5, 5.41) is 9.15. The summed E-state index contributed by atoms with van der Waals surface area (Å²) in [6, 6.07) is 12.6. The van der Waals surface area contributed by atoms with Crippen molar-refractivity contribution in [3.8, 4) is 6.07 Å². The zero-order chi connectivity index (χ0) is 16.9. The highest BCUT2D eigenvalue weighted by molar-refractivity contribution is 5.38. The van der Waals surface area contributed by atoms with Crippen molar-refractivity contribution in [2.24, 2.45) is 0 Å². The van der Waals surface area contributed by atoms with Gasteiger partial charge in [0.05, 0.1) is 5.56 Å². The number of hydrogen-bond acceptors (Lipinski definition) is 2. The van der Waals surface area contributed by atoms with Crippen LogP contribution in [0.5, 0.6) is 0 Å². The van der Waals surface area contributed by atoms with Gasteiger partial charge >= 0.3 is 6.18 Å². The van der Waals surface area contributed by atoms with Crippen molar-refractivity contribution in [3.05, 3.63) is 65.0 Å². The van der Waals surface area contributed by atoms with Gasteiger partial charge in [0.15, 0.2) is 0 Å². The van der Waals surface area contributed by atoms with Crippen LogP contribution in [0.3, 0.4) is 0 Å². The van der Waals surface area contributed by atoms with E-state index in [-0.39, 0.29) is 11.5 Å². The van der Waals surface area contributed by atoms with E-state index in [9.17, 15) is 13.2 Å². The number of benzene rings is 1. The normalized spacial score (nSPS) is 12.7. The Bertz CT molecular complexity index is 688. The Kier molecular flexibility index (Phi) is 5.38. The first kappa shape index (κ1) is 17.0. The van der Waals surface area contributed by atoms with Crippen molar-refractivity contribution in [2.45, 2.75) is 38.3 Å². The Hall–Kier alpha value is -2.35. The highest BCUT2D eigenvalue weighted by atomic mass is 19.4. The maximum absolute atomic E-state index is 12.9.